The molecule has 3 aromatic carbocycles. The smallest absolute Gasteiger partial charge is 0.355 e. The van der Waals surface area contributed by atoms with Crippen LogP contribution in [0.2, 0.25) is 0 Å². The van der Waals surface area contributed by atoms with Crippen molar-refractivity contribution in [2.24, 2.45) is 0 Å². The molecule has 0 radical (unpaired) electrons. The Kier molecular flexibility index (Phi) is 9.13. The summed E-state index contributed by atoms with van der Waals surface area (Å²) >= 11 is 0. The van der Waals surface area contributed by atoms with Crippen LogP contribution in [0, 0.1) is 0 Å². The minimum absolute atomic E-state index is 0.209. The lowest BCUT2D eigenvalue weighted by Gasteiger charge is -2.26. The minimum atomic E-state index is -3.74. The van der Waals surface area contributed by atoms with Crippen molar-refractivity contribution in [1.29, 1.82) is 0 Å². The fourth-order valence-corrected chi connectivity index (χ4v) is 6.27. The number of hydrogen-bond acceptors (Lipinski definition) is 8. The first kappa shape index (κ1) is 27.7. The van der Waals surface area contributed by atoms with E-state index in [2.05, 4.69) is 5.32 Å². The highest BCUT2D eigenvalue weighted by molar-refractivity contribution is 7.54. The fourth-order valence-electron chi connectivity index (χ4n) is 4.40. The van der Waals surface area contributed by atoms with Crippen LogP contribution in [0.5, 0.6) is 17.2 Å². The molecular weight excluding hydrogens is 505 g/mol. The molecule has 0 bridgehead atoms. The Morgan fingerprint density at radius 1 is 0.842 bits per heavy atom. The summed E-state index contributed by atoms with van der Waals surface area (Å²) in [5.74, 6) is 1.32. The molecule has 38 heavy (non-hydrogen) atoms. The van der Waals surface area contributed by atoms with Gasteiger partial charge in [0, 0.05) is 23.6 Å². The third kappa shape index (κ3) is 5.74. The van der Waals surface area contributed by atoms with E-state index < -0.39 is 13.4 Å². The first-order chi connectivity index (χ1) is 18.5. The van der Waals surface area contributed by atoms with Crippen LogP contribution in [0.1, 0.15) is 31.0 Å². The molecule has 202 valence electrons. The van der Waals surface area contributed by atoms with Gasteiger partial charge in [0.15, 0.2) is 17.3 Å². The van der Waals surface area contributed by atoms with E-state index in [1.54, 1.807) is 41.2 Å². The molecular formula is C29H34NO7P. The Morgan fingerprint density at radius 2 is 1.47 bits per heavy atom. The molecule has 1 atom stereocenters. The number of ether oxygens (including phenoxy) is 3. The number of hydrogen-bond donors (Lipinski definition) is 1. The zero-order valence-electron chi connectivity index (χ0n) is 22.4. The summed E-state index contributed by atoms with van der Waals surface area (Å²) in [4.78, 5) is 0. The molecule has 1 unspecified atom stereocenters. The van der Waals surface area contributed by atoms with Crippen molar-refractivity contribution >= 4 is 18.6 Å². The molecule has 0 amide bonds. The van der Waals surface area contributed by atoms with E-state index in [-0.39, 0.29) is 13.2 Å². The second kappa shape index (κ2) is 12.5. The molecule has 0 aliphatic rings. The van der Waals surface area contributed by atoms with Gasteiger partial charge in [0.2, 0.25) is 0 Å². The molecule has 4 rings (SSSR count). The van der Waals surface area contributed by atoms with Crippen molar-refractivity contribution in [3.8, 4) is 28.4 Å². The number of rotatable bonds is 13. The van der Waals surface area contributed by atoms with Crippen molar-refractivity contribution in [3.05, 3.63) is 78.1 Å². The minimum Gasteiger partial charge on any atom is -0.497 e. The third-order valence-electron chi connectivity index (χ3n) is 6.13. The van der Waals surface area contributed by atoms with Crippen molar-refractivity contribution in [3.63, 3.8) is 0 Å². The van der Waals surface area contributed by atoms with E-state index in [4.69, 9.17) is 27.7 Å². The van der Waals surface area contributed by atoms with Crippen LogP contribution >= 0.6 is 7.60 Å². The van der Waals surface area contributed by atoms with Crippen LogP contribution < -0.4 is 19.5 Å². The molecule has 0 saturated heterocycles. The maximum absolute atomic E-state index is 14.3. The van der Waals surface area contributed by atoms with Gasteiger partial charge in [0.25, 0.3) is 0 Å². The van der Waals surface area contributed by atoms with Crippen LogP contribution in [0.3, 0.4) is 0 Å². The van der Waals surface area contributed by atoms with Crippen molar-refractivity contribution < 1.29 is 32.2 Å². The van der Waals surface area contributed by atoms with Gasteiger partial charge >= 0.3 is 7.60 Å². The molecule has 1 heterocycles. The zero-order valence-corrected chi connectivity index (χ0v) is 23.2. The maximum atomic E-state index is 14.3. The van der Waals surface area contributed by atoms with Gasteiger partial charge in [-0.3, -0.25) is 9.88 Å². The van der Waals surface area contributed by atoms with Crippen LogP contribution in [0.25, 0.3) is 22.1 Å². The summed E-state index contributed by atoms with van der Waals surface area (Å²) in [5, 5.41) is 4.19. The summed E-state index contributed by atoms with van der Waals surface area (Å²) < 4.78 is 48.9. The Labute approximate surface area is 223 Å². The zero-order chi connectivity index (χ0) is 27.1. The molecule has 1 N–H and O–H groups in total. The predicted octanol–water partition coefficient (Wildman–Crippen LogP) is 7.18. The normalized spacial score (nSPS) is 12.4. The summed E-state index contributed by atoms with van der Waals surface area (Å²) in [5.41, 5.74) is 3.16. The summed E-state index contributed by atoms with van der Waals surface area (Å²) in [7, 11) is 1.04. The average molecular weight is 540 g/mol. The Bertz CT molecular complexity index is 1380. The van der Waals surface area contributed by atoms with Gasteiger partial charge in [-0.2, -0.15) is 0 Å². The van der Waals surface area contributed by atoms with Crippen molar-refractivity contribution in [1.82, 2.24) is 5.32 Å². The third-order valence-corrected chi connectivity index (χ3v) is 8.41. The second-order valence-electron chi connectivity index (χ2n) is 8.42. The molecule has 9 heteroatoms. The van der Waals surface area contributed by atoms with E-state index >= 15 is 0 Å². The molecule has 0 fully saturated rings. The highest BCUT2D eigenvalue weighted by Gasteiger charge is 2.41. The first-order valence-electron chi connectivity index (χ1n) is 12.5. The molecule has 0 aliphatic carbocycles. The fraction of sp³-hybridized carbons (Fsp3) is 0.310. The maximum Gasteiger partial charge on any atom is 0.355 e. The van der Waals surface area contributed by atoms with E-state index in [0.717, 1.165) is 27.8 Å². The SMILES string of the molecule is CCOP(=O)(OCC)C(NCc1ccccc1)c1oc2cc(OC)c(OC)cc2c1-c1ccc(OC)cc1. The molecule has 1 aromatic heterocycles. The van der Waals surface area contributed by atoms with Crippen LogP contribution in [-0.2, 0) is 20.2 Å². The highest BCUT2D eigenvalue weighted by atomic mass is 31.2. The number of nitrogens with one attached hydrogen (secondary N) is 1. The largest absolute Gasteiger partial charge is 0.497 e. The Morgan fingerprint density at radius 3 is 2.05 bits per heavy atom. The molecule has 0 aliphatic heterocycles. The topological polar surface area (TPSA) is 88.4 Å². The number of methoxy groups -OCH3 is 3. The lowest BCUT2D eigenvalue weighted by Crippen LogP contribution is -2.23. The van der Waals surface area contributed by atoms with Crippen molar-refractivity contribution in [2.45, 2.75) is 26.2 Å². The van der Waals surface area contributed by atoms with Gasteiger partial charge in [-0.05, 0) is 43.2 Å². The van der Waals surface area contributed by atoms with Gasteiger partial charge in [-0.1, -0.05) is 42.5 Å². The Hall–Kier alpha value is -3.29. The van der Waals surface area contributed by atoms with E-state index in [1.807, 2.05) is 60.7 Å². The van der Waals surface area contributed by atoms with Gasteiger partial charge in [0.1, 0.15) is 17.1 Å². The van der Waals surface area contributed by atoms with Gasteiger partial charge in [-0.15, -0.1) is 0 Å². The van der Waals surface area contributed by atoms with Crippen LogP contribution in [0.15, 0.2) is 71.1 Å². The van der Waals surface area contributed by atoms with Crippen molar-refractivity contribution in [2.75, 3.05) is 34.5 Å². The average Bonchev–Trinajstić information content (AvgIpc) is 3.30. The summed E-state index contributed by atoms with van der Waals surface area (Å²) in [6.07, 6.45) is 0. The van der Waals surface area contributed by atoms with Crippen LogP contribution in [-0.4, -0.2) is 34.5 Å². The molecule has 0 saturated carbocycles. The van der Waals surface area contributed by atoms with E-state index in [9.17, 15) is 4.57 Å². The standard InChI is InChI=1S/C29H34NO7P/c1-6-35-38(31,36-7-2)29(30-19-20-11-9-8-10-12-20)28-27(21-13-15-22(32-3)16-14-21)23-17-25(33-4)26(34-5)18-24(23)37-28/h8-18,29-30H,6-7,19H2,1-5H3. The molecule has 4 aromatic rings. The predicted molar refractivity (Wildman–Crippen MR) is 148 cm³/mol. The van der Waals surface area contributed by atoms with E-state index in [0.29, 0.717) is 29.4 Å². The number of furan rings is 1. The lowest BCUT2D eigenvalue weighted by molar-refractivity contribution is 0.204. The second-order valence-corrected chi connectivity index (χ2v) is 10.5. The lowest BCUT2D eigenvalue weighted by atomic mass is 10.0. The quantitative estimate of drug-likeness (QED) is 0.179. The van der Waals surface area contributed by atoms with Gasteiger partial charge < -0.3 is 27.7 Å². The monoisotopic (exact) mass is 539 g/mol. The van der Waals surface area contributed by atoms with E-state index in [1.165, 1.54) is 0 Å². The number of fused-ring (bicyclic) bond motifs is 1. The molecule has 8 nitrogen and oxygen atoms in total. The highest BCUT2D eigenvalue weighted by Crippen LogP contribution is 2.62. The Balaban J connectivity index is 1.96. The van der Waals surface area contributed by atoms with Gasteiger partial charge in [0.05, 0.1) is 34.5 Å². The summed E-state index contributed by atoms with van der Waals surface area (Å²) in [6.45, 7) is 4.42. The number of benzene rings is 3. The van der Waals surface area contributed by atoms with Crippen LogP contribution in [0.4, 0.5) is 0 Å². The van der Waals surface area contributed by atoms with Gasteiger partial charge in [-0.25, -0.2) is 0 Å². The first-order valence-corrected chi connectivity index (χ1v) is 14.1. The summed E-state index contributed by atoms with van der Waals surface area (Å²) in [6, 6.07) is 21.1. The molecule has 0 spiro atoms.